The molecule has 1 aromatic carbocycles. The maximum absolute atomic E-state index is 9.06. The van der Waals surface area contributed by atoms with Crippen LogP contribution in [0.4, 0.5) is 5.82 Å². The Morgan fingerprint density at radius 2 is 1.96 bits per heavy atom. The largest absolute Gasteiger partial charge is 0.355 e. The average Bonchev–Trinajstić information content (AvgIpc) is 2.64. The van der Waals surface area contributed by atoms with Crippen LogP contribution in [-0.2, 0) is 13.0 Å². The number of benzene rings is 1. The van der Waals surface area contributed by atoms with Gasteiger partial charge in [-0.25, -0.2) is 4.98 Å². The first kappa shape index (κ1) is 18.9. The van der Waals surface area contributed by atoms with E-state index in [0.29, 0.717) is 23.6 Å². The van der Waals surface area contributed by atoms with E-state index in [1.54, 1.807) is 12.3 Å². The summed E-state index contributed by atoms with van der Waals surface area (Å²) in [6.45, 7) is 9.55. The maximum atomic E-state index is 9.06. The molecule has 2 saturated heterocycles. The van der Waals surface area contributed by atoms with Gasteiger partial charge in [-0.2, -0.15) is 5.26 Å². The zero-order valence-corrected chi connectivity index (χ0v) is 16.9. The highest BCUT2D eigenvalue weighted by Crippen LogP contribution is 2.42. The molecule has 5 nitrogen and oxygen atoms in total. The first-order chi connectivity index (χ1) is 13.5. The van der Waals surface area contributed by atoms with E-state index in [1.807, 2.05) is 6.07 Å². The van der Waals surface area contributed by atoms with Gasteiger partial charge in [0.15, 0.2) is 0 Å². The van der Waals surface area contributed by atoms with Crippen molar-refractivity contribution in [2.45, 2.75) is 39.3 Å². The minimum Gasteiger partial charge on any atom is -0.355 e. The van der Waals surface area contributed by atoms with Crippen molar-refractivity contribution >= 4 is 5.82 Å². The minimum absolute atomic E-state index is 0.421. The lowest BCUT2D eigenvalue weighted by atomic mass is 9.72. The summed E-state index contributed by atoms with van der Waals surface area (Å²) < 4.78 is 0. The third-order valence-electron chi connectivity index (χ3n) is 6.36. The van der Waals surface area contributed by atoms with Crippen LogP contribution in [0.1, 0.15) is 35.6 Å². The zero-order valence-electron chi connectivity index (χ0n) is 16.9. The summed E-state index contributed by atoms with van der Waals surface area (Å²) in [5.41, 5.74) is 11.0. The van der Waals surface area contributed by atoms with E-state index in [-0.39, 0.29) is 0 Å². The number of nitriles is 1. The number of aryl methyl sites for hydroxylation is 2. The van der Waals surface area contributed by atoms with E-state index in [2.05, 4.69) is 52.9 Å². The van der Waals surface area contributed by atoms with Crippen LogP contribution >= 0.6 is 0 Å². The van der Waals surface area contributed by atoms with Crippen molar-refractivity contribution in [2.75, 3.05) is 31.1 Å². The molecule has 5 heteroatoms. The van der Waals surface area contributed by atoms with E-state index < -0.39 is 0 Å². The summed E-state index contributed by atoms with van der Waals surface area (Å²) in [6.07, 6.45) is 3.99. The summed E-state index contributed by atoms with van der Waals surface area (Å²) in [5.74, 6) is 0.935. The second-order valence-corrected chi connectivity index (χ2v) is 8.64. The number of likely N-dealkylation sites (tertiary alicyclic amines) is 1. The molecule has 3 heterocycles. The van der Waals surface area contributed by atoms with Gasteiger partial charge in [0.1, 0.15) is 5.82 Å². The van der Waals surface area contributed by atoms with Gasteiger partial charge in [-0.1, -0.05) is 23.8 Å². The molecule has 0 saturated carbocycles. The van der Waals surface area contributed by atoms with Crippen LogP contribution in [-0.4, -0.2) is 42.1 Å². The second kappa shape index (κ2) is 7.54. The Morgan fingerprint density at radius 3 is 2.68 bits per heavy atom. The van der Waals surface area contributed by atoms with Gasteiger partial charge >= 0.3 is 0 Å². The Kier molecular flexibility index (Phi) is 5.09. The van der Waals surface area contributed by atoms with Crippen molar-refractivity contribution in [2.24, 2.45) is 11.1 Å². The molecule has 1 unspecified atom stereocenters. The molecular weight excluding hydrogens is 346 g/mol. The number of nitrogens with zero attached hydrogens (tertiary/aromatic N) is 4. The minimum atomic E-state index is 0.421. The molecule has 0 bridgehead atoms. The summed E-state index contributed by atoms with van der Waals surface area (Å²) in [4.78, 5) is 9.33. The van der Waals surface area contributed by atoms with Crippen LogP contribution in [0.25, 0.3) is 0 Å². The summed E-state index contributed by atoms with van der Waals surface area (Å²) in [5, 5.41) is 9.06. The first-order valence-corrected chi connectivity index (χ1v) is 10.2. The van der Waals surface area contributed by atoms with Crippen LogP contribution < -0.4 is 10.6 Å². The maximum Gasteiger partial charge on any atom is 0.129 e. The zero-order chi connectivity index (χ0) is 19.7. The molecule has 1 aromatic heterocycles. The quantitative estimate of drug-likeness (QED) is 0.841. The Hall–Kier alpha value is -2.42. The number of pyridine rings is 1. The lowest BCUT2D eigenvalue weighted by molar-refractivity contribution is -0.0474. The standard InChI is InChI=1S/C23H29N5/c1-17-3-5-21(12-25)20(9-17)6-4-18(2)27-13-23(14-27)15-28(16-23)22-10-19(11-24)7-8-26-22/h3,5,7-10,18H,4,6,12-16,25H2,1-2H3. The lowest BCUT2D eigenvalue weighted by Crippen LogP contribution is -2.73. The van der Waals surface area contributed by atoms with Crippen molar-refractivity contribution in [1.82, 2.24) is 9.88 Å². The van der Waals surface area contributed by atoms with E-state index in [0.717, 1.165) is 25.3 Å². The highest BCUT2D eigenvalue weighted by Gasteiger charge is 2.52. The van der Waals surface area contributed by atoms with Gasteiger partial charge in [0.05, 0.1) is 11.6 Å². The van der Waals surface area contributed by atoms with Crippen LogP contribution in [0.2, 0.25) is 0 Å². The predicted octanol–water partition coefficient (Wildman–Crippen LogP) is 2.86. The molecule has 0 amide bonds. The monoisotopic (exact) mass is 375 g/mol. The van der Waals surface area contributed by atoms with Crippen LogP contribution in [0, 0.1) is 23.7 Å². The van der Waals surface area contributed by atoms with Crippen LogP contribution in [0.5, 0.6) is 0 Å². The Balaban J connectivity index is 1.27. The molecular formula is C23H29N5. The van der Waals surface area contributed by atoms with Crippen LogP contribution in [0.3, 0.4) is 0 Å². The van der Waals surface area contributed by atoms with Crippen molar-refractivity contribution in [1.29, 1.82) is 5.26 Å². The number of hydrogen-bond acceptors (Lipinski definition) is 5. The van der Waals surface area contributed by atoms with Crippen molar-refractivity contribution in [3.05, 3.63) is 58.8 Å². The van der Waals surface area contributed by atoms with Crippen LogP contribution in [0.15, 0.2) is 36.5 Å². The first-order valence-electron chi connectivity index (χ1n) is 10.2. The van der Waals surface area contributed by atoms with E-state index >= 15 is 0 Å². The lowest BCUT2D eigenvalue weighted by Gasteiger charge is -2.62. The van der Waals surface area contributed by atoms with Crippen molar-refractivity contribution in [3.8, 4) is 6.07 Å². The van der Waals surface area contributed by atoms with Crippen molar-refractivity contribution < 1.29 is 0 Å². The van der Waals surface area contributed by atoms with E-state index in [9.17, 15) is 0 Å². The fourth-order valence-electron chi connectivity index (χ4n) is 4.65. The fourth-order valence-corrected chi connectivity index (χ4v) is 4.65. The SMILES string of the molecule is Cc1ccc(CN)c(CCC(C)N2CC3(CN(c4cc(C#N)ccn4)C3)C2)c1. The number of hydrogen-bond donors (Lipinski definition) is 1. The smallest absolute Gasteiger partial charge is 0.129 e. The molecule has 2 aliphatic rings. The van der Waals surface area contributed by atoms with E-state index in [4.69, 9.17) is 11.0 Å². The van der Waals surface area contributed by atoms with Gasteiger partial charge < -0.3 is 10.6 Å². The molecule has 2 fully saturated rings. The summed E-state index contributed by atoms with van der Waals surface area (Å²) in [6, 6.07) is 13.1. The van der Waals surface area contributed by atoms with Crippen molar-refractivity contribution in [3.63, 3.8) is 0 Å². The third kappa shape index (κ3) is 3.63. The molecule has 2 aromatic rings. The molecule has 146 valence electrons. The molecule has 2 N–H and O–H groups in total. The third-order valence-corrected chi connectivity index (χ3v) is 6.36. The van der Waals surface area contributed by atoms with Gasteiger partial charge in [0.2, 0.25) is 0 Å². The molecule has 1 spiro atoms. The Morgan fingerprint density at radius 1 is 1.18 bits per heavy atom. The van der Waals surface area contributed by atoms with Gasteiger partial charge in [-0.3, -0.25) is 4.90 Å². The summed E-state index contributed by atoms with van der Waals surface area (Å²) >= 11 is 0. The number of anilines is 1. The highest BCUT2D eigenvalue weighted by atomic mass is 15.3. The Bertz CT molecular complexity index is 886. The van der Waals surface area contributed by atoms with Gasteiger partial charge in [-0.15, -0.1) is 0 Å². The fraction of sp³-hybridized carbons (Fsp3) is 0.478. The normalized spacial score (nSPS) is 19.0. The van der Waals surface area contributed by atoms with Gasteiger partial charge in [-0.05, 0) is 49.9 Å². The highest BCUT2D eigenvalue weighted by molar-refractivity contribution is 5.48. The number of rotatable bonds is 6. The molecule has 0 radical (unpaired) electrons. The molecule has 28 heavy (non-hydrogen) atoms. The molecule has 2 aliphatic heterocycles. The number of nitrogens with two attached hydrogens (primary N) is 1. The summed E-state index contributed by atoms with van der Waals surface area (Å²) in [7, 11) is 0. The molecule has 4 rings (SSSR count). The molecule has 1 atom stereocenters. The Labute approximate surface area is 167 Å². The van der Waals surface area contributed by atoms with Gasteiger partial charge in [0.25, 0.3) is 0 Å². The topological polar surface area (TPSA) is 69.2 Å². The van der Waals surface area contributed by atoms with E-state index in [1.165, 1.54) is 36.2 Å². The van der Waals surface area contributed by atoms with Gasteiger partial charge in [0, 0.05) is 50.4 Å². The predicted molar refractivity (Wildman–Crippen MR) is 112 cm³/mol. The second-order valence-electron chi connectivity index (χ2n) is 8.64. The molecule has 0 aliphatic carbocycles. The number of aromatic nitrogens is 1. The average molecular weight is 376 g/mol.